The van der Waals surface area contributed by atoms with E-state index in [4.69, 9.17) is 0 Å². The first kappa shape index (κ1) is 348. The van der Waals surface area contributed by atoms with Crippen molar-refractivity contribution in [2.75, 3.05) is 0 Å². The Morgan fingerprint density at radius 2 is 0.400 bits per heavy atom. The van der Waals surface area contributed by atoms with E-state index in [9.17, 15) is 0 Å². The number of hydrogen-bond acceptors (Lipinski definition) is 0. The van der Waals surface area contributed by atoms with Gasteiger partial charge in [0.1, 0.15) is 0 Å². The van der Waals surface area contributed by atoms with E-state index >= 15 is 0 Å². The predicted molar refractivity (Wildman–Crippen MR) is 21.1 cm³/mol. The maximum Gasteiger partial charge on any atom is 0 e. The molecule has 1 radical (unpaired) electrons. The van der Waals surface area contributed by atoms with Crippen molar-refractivity contribution < 1.29 is 22.4 Å². The minimum absolute atomic E-state index is 0. The molecule has 5 heteroatoms. The molecule has 0 amide bonds. The maximum absolute atomic E-state index is 0. The third-order valence-electron chi connectivity index (χ3n) is 0. The van der Waals surface area contributed by atoms with Gasteiger partial charge in [0, 0.05) is 22.4 Å². The van der Waals surface area contributed by atoms with Crippen molar-refractivity contribution >= 4 is 0 Å². The minimum atomic E-state index is 0. The molecule has 0 unspecified atom stereocenters. The van der Waals surface area contributed by atoms with Crippen molar-refractivity contribution in [3.8, 4) is 0 Å². The molecule has 0 aliphatic carbocycles. The molecule has 0 aromatic heterocycles. The van der Waals surface area contributed by atoms with Gasteiger partial charge in [0.05, 0.1) is 0 Å². The Kier molecular flexibility index (Phi) is 12100. The van der Waals surface area contributed by atoms with Crippen LogP contribution in [0, 0.1) is 0 Å². The Labute approximate surface area is 47.5 Å². The van der Waals surface area contributed by atoms with Gasteiger partial charge in [0.15, 0.2) is 0 Å². The van der Waals surface area contributed by atoms with E-state index in [1.54, 1.807) is 0 Å². The summed E-state index contributed by atoms with van der Waals surface area (Å²) in [6, 6.07) is 0. The van der Waals surface area contributed by atoms with Crippen LogP contribution in [-0.2, 0) is 22.4 Å². The maximum atomic E-state index is 0. The monoisotopic (exact) mass is 261 g/mol. The first-order valence-corrected chi connectivity index (χ1v) is 0. The van der Waals surface area contributed by atoms with Crippen molar-refractivity contribution in [3.05, 3.63) is 24.6 Å². The molecular weight excluding hydrogens is 253 g/mol. The number of hydrogen-bond donors (Lipinski definition) is 0. The second kappa shape index (κ2) is 174. The van der Waals surface area contributed by atoms with Crippen LogP contribution in [0.1, 0.15) is 0 Å². The van der Waals surface area contributed by atoms with E-state index in [-0.39, 0.29) is 47.0 Å². The van der Waals surface area contributed by atoms with Gasteiger partial charge in [-0.1, -0.05) is 0 Å². The largest absolute Gasteiger partial charge is 0.693 e. The van der Waals surface area contributed by atoms with Crippen LogP contribution >= 0.6 is 0 Å². The van der Waals surface area contributed by atoms with Crippen LogP contribution in [0.2, 0.25) is 0 Å². The van der Waals surface area contributed by atoms with Gasteiger partial charge in [-0.25, -0.2) is 0 Å². The number of rotatable bonds is 0. The summed E-state index contributed by atoms with van der Waals surface area (Å²) in [5.74, 6) is 0. The van der Waals surface area contributed by atoms with Crippen LogP contribution in [0.3, 0.4) is 0 Å². The fraction of sp³-hybridized carbons (Fsp3) is 0. The summed E-state index contributed by atoms with van der Waals surface area (Å²) < 4.78 is 0. The molecule has 8 N–H and O–H groups in total. The predicted octanol–water partition coefficient (Wildman–Crippen LogP) is 2.87. The first-order chi connectivity index (χ1) is 0. The Hall–Kier alpha value is 0.580. The van der Waals surface area contributed by atoms with Gasteiger partial charge in [0.25, 0.3) is 0 Å². The van der Waals surface area contributed by atoms with E-state index in [1.165, 1.54) is 0 Å². The average Bonchev–Trinajstić information content (AvgIpc) is 0. The van der Waals surface area contributed by atoms with Crippen molar-refractivity contribution in [1.29, 1.82) is 0 Å². The van der Waals surface area contributed by atoms with Crippen molar-refractivity contribution in [2.24, 2.45) is 0 Å². The molecule has 5 heavy (non-hydrogen) atoms. The standard InChI is InChI=1S/Au.4H2N/h;4*1H2/q;4*-1. The van der Waals surface area contributed by atoms with Crippen LogP contribution < -0.4 is 0 Å². The van der Waals surface area contributed by atoms with Crippen LogP contribution in [0.4, 0.5) is 0 Å². The second-order valence-electron chi connectivity index (χ2n) is 0. The first-order valence-electron chi connectivity index (χ1n) is 0. The third-order valence-corrected chi connectivity index (χ3v) is 0. The molecule has 0 saturated heterocycles. The van der Waals surface area contributed by atoms with Gasteiger partial charge in [0.2, 0.25) is 0 Å². The quantitative estimate of drug-likeness (QED) is 0.592. The Morgan fingerprint density at radius 3 is 0.400 bits per heavy atom. The minimum Gasteiger partial charge on any atom is -0.693 e. The summed E-state index contributed by atoms with van der Waals surface area (Å²) in [4.78, 5) is 0. The third kappa shape index (κ3) is 90.6. The van der Waals surface area contributed by atoms with E-state index in [2.05, 4.69) is 0 Å². The summed E-state index contributed by atoms with van der Waals surface area (Å²) in [7, 11) is 0. The molecule has 0 spiro atoms. The number of nitrogens with two attached hydrogens (primary N) is 4. The molecule has 0 aromatic rings. The molecule has 0 rings (SSSR count). The molecule has 0 fully saturated rings. The SMILES string of the molecule is [Au].[NH2-].[NH2-].[NH2-].[NH2-]. The Balaban J connectivity index is 0. The molecule has 0 aromatic carbocycles. The molecule has 43 valence electrons. The van der Waals surface area contributed by atoms with Gasteiger partial charge >= 0.3 is 0 Å². The molecule has 0 heterocycles. The molecule has 0 aliphatic heterocycles. The van der Waals surface area contributed by atoms with E-state index in [0.29, 0.717) is 0 Å². The molecule has 0 aliphatic rings. The average molecular weight is 261 g/mol. The van der Waals surface area contributed by atoms with Crippen molar-refractivity contribution in [2.45, 2.75) is 0 Å². The summed E-state index contributed by atoms with van der Waals surface area (Å²) in [5, 5.41) is 0. The molecule has 0 bridgehead atoms. The molecule has 0 saturated carbocycles. The van der Waals surface area contributed by atoms with E-state index < -0.39 is 0 Å². The van der Waals surface area contributed by atoms with Crippen LogP contribution in [0.5, 0.6) is 0 Å². The zero-order valence-corrected chi connectivity index (χ0v) is 4.78. The fourth-order valence-electron chi connectivity index (χ4n) is 0. The normalized spacial score (nSPS) is 0. The molecule has 0 atom stereocenters. The van der Waals surface area contributed by atoms with Gasteiger partial charge in [-0.15, -0.1) is 0 Å². The summed E-state index contributed by atoms with van der Waals surface area (Å²) in [5.41, 5.74) is 0. The summed E-state index contributed by atoms with van der Waals surface area (Å²) in [6.45, 7) is 0. The van der Waals surface area contributed by atoms with Crippen molar-refractivity contribution in [1.82, 2.24) is 0 Å². The van der Waals surface area contributed by atoms with Gasteiger partial charge in [-0.05, 0) is 0 Å². The zero-order valence-electron chi connectivity index (χ0n) is 2.61. The fourth-order valence-corrected chi connectivity index (χ4v) is 0. The summed E-state index contributed by atoms with van der Waals surface area (Å²) in [6.07, 6.45) is 0. The van der Waals surface area contributed by atoms with Crippen LogP contribution in [0.15, 0.2) is 0 Å². The van der Waals surface area contributed by atoms with E-state index in [0.717, 1.165) is 0 Å². The Bertz CT molecular complexity index is 3.61. The second-order valence-corrected chi connectivity index (χ2v) is 0. The van der Waals surface area contributed by atoms with Gasteiger partial charge < -0.3 is 24.6 Å². The van der Waals surface area contributed by atoms with Crippen LogP contribution in [-0.4, -0.2) is 0 Å². The molecule has 4 nitrogen and oxygen atoms in total. The van der Waals surface area contributed by atoms with Gasteiger partial charge in [-0.2, -0.15) is 0 Å². The van der Waals surface area contributed by atoms with E-state index in [1.807, 2.05) is 0 Å². The summed E-state index contributed by atoms with van der Waals surface area (Å²) >= 11 is 0. The van der Waals surface area contributed by atoms with Crippen LogP contribution in [0.25, 0.3) is 24.6 Å². The zero-order chi connectivity index (χ0) is 0. The topological polar surface area (TPSA) is 134 Å². The van der Waals surface area contributed by atoms with Gasteiger partial charge in [-0.3, -0.25) is 0 Å². The van der Waals surface area contributed by atoms with Crippen molar-refractivity contribution in [3.63, 3.8) is 0 Å². The Morgan fingerprint density at radius 1 is 0.400 bits per heavy atom. The smallest absolute Gasteiger partial charge is 0 e. The molecular formula is H8AuN4-4.